The topological polar surface area (TPSA) is 86.6 Å². The summed E-state index contributed by atoms with van der Waals surface area (Å²) in [6, 6.07) is 14.8. The van der Waals surface area contributed by atoms with E-state index >= 15 is 0 Å². The van der Waals surface area contributed by atoms with Crippen LogP contribution in [0.15, 0.2) is 59.2 Å². The van der Waals surface area contributed by atoms with Crippen molar-refractivity contribution in [3.05, 3.63) is 71.5 Å². The summed E-state index contributed by atoms with van der Waals surface area (Å²) in [7, 11) is 0. The maximum atomic E-state index is 12.9. The highest BCUT2D eigenvalue weighted by Gasteiger charge is 2.27. The van der Waals surface area contributed by atoms with E-state index in [0.717, 1.165) is 29.9 Å². The number of carbonyl (C=O) groups excluding carboxylic acids is 2. The number of carbonyl (C=O) groups is 2. The number of benzene rings is 2. The fourth-order valence-electron chi connectivity index (χ4n) is 4.59. The summed E-state index contributed by atoms with van der Waals surface area (Å²) in [6.07, 6.45) is 5.53. The summed E-state index contributed by atoms with van der Waals surface area (Å²) in [6.45, 7) is 4.69. The van der Waals surface area contributed by atoms with Crippen LogP contribution < -0.4 is 16.0 Å². The minimum atomic E-state index is -0.248. The molecule has 0 unspecified atom stereocenters. The number of hydrogen-bond acceptors (Lipinski definition) is 5. The lowest BCUT2D eigenvalue weighted by molar-refractivity contribution is 0.0966. The van der Waals surface area contributed by atoms with Crippen LogP contribution in [0.5, 0.6) is 0 Å². The molecule has 2 aliphatic heterocycles. The number of nitrogens with zero attached hydrogens (tertiary/aromatic N) is 1. The van der Waals surface area contributed by atoms with Gasteiger partial charge >= 0.3 is 0 Å². The molecule has 3 heterocycles. The number of anilines is 2. The van der Waals surface area contributed by atoms with Gasteiger partial charge in [0.05, 0.1) is 17.5 Å². The highest BCUT2D eigenvalue weighted by atomic mass is 16.3. The van der Waals surface area contributed by atoms with Gasteiger partial charge in [0.15, 0.2) is 0 Å². The lowest BCUT2D eigenvalue weighted by Gasteiger charge is -2.26. The Labute approximate surface area is 193 Å². The maximum Gasteiger partial charge on any atom is 0.255 e. The second-order valence-electron chi connectivity index (χ2n) is 8.53. The van der Waals surface area contributed by atoms with Gasteiger partial charge in [0.2, 0.25) is 0 Å². The number of hydrogen-bond donors (Lipinski definition) is 3. The molecule has 0 radical (unpaired) electrons. The number of piperidine rings is 1. The molecule has 0 atom stereocenters. The quantitative estimate of drug-likeness (QED) is 0.505. The molecular formula is C26H28N4O3. The molecule has 2 aromatic carbocycles. The van der Waals surface area contributed by atoms with Gasteiger partial charge in [-0.05, 0) is 80.0 Å². The number of amides is 2. The Kier molecular flexibility index (Phi) is 6.13. The van der Waals surface area contributed by atoms with Crippen LogP contribution in [-0.2, 0) is 6.54 Å². The van der Waals surface area contributed by atoms with Gasteiger partial charge in [-0.3, -0.25) is 9.59 Å². The number of rotatable bonds is 7. The maximum absolute atomic E-state index is 12.9. The molecule has 3 N–H and O–H groups in total. The zero-order valence-corrected chi connectivity index (χ0v) is 18.5. The van der Waals surface area contributed by atoms with Crippen LogP contribution in [0.25, 0.3) is 11.3 Å². The van der Waals surface area contributed by atoms with Crippen LogP contribution >= 0.6 is 0 Å². The van der Waals surface area contributed by atoms with E-state index in [4.69, 9.17) is 4.42 Å². The molecule has 0 spiro atoms. The van der Waals surface area contributed by atoms with Crippen molar-refractivity contribution in [3.8, 4) is 11.3 Å². The van der Waals surface area contributed by atoms with Crippen molar-refractivity contribution in [2.45, 2.75) is 25.8 Å². The fourth-order valence-corrected chi connectivity index (χ4v) is 4.59. The molecule has 1 fully saturated rings. The van der Waals surface area contributed by atoms with Crippen LogP contribution in [0.4, 0.5) is 11.4 Å². The second kappa shape index (κ2) is 9.50. The van der Waals surface area contributed by atoms with Crippen molar-refractivity contribution >= 4 is 23.2 Å². The molecule has 2 aliphatic rings. The predicted molar refractivity (Wildman–Crippen MR) is 128 cm³/mol. The van der Waals surface area contributed by atoms with Gasteiger partial charge in [0.1, 0.15) is 5.76 Å². The molecule has 1 aromatic heterocycles. The summed E-state index contributed by atoms with van der Waals surface area (Å²) < 4.78 is 5.51. The predicted octanol–water partition coefficient (Wildman–Crippen LogP) is 4.34. The first-order valence-electron chi connectivity index (χ1n) is 11.5. The molecule has 3 aromatic rings. The first-order chi connectivity index (χ1) is 16.2. The van der Waals surface area contributed by atoms with Gasteiger partial charge in [0.25, 0.3) is 11.8 Å². The van der Waals surface area contributed by atoms with Crippen molar-refractivity contribution in [3.63, 3.8) is 0 Å². The van der Waals surface area contributed by atoms with Gasteiger partial charge in [-0.15, -0.1) is 0 Å². The lowest BCUT2D eigenvalue weighted by Crippen LogP contribution is -2.33. The standard InChI is InChI=1S/C26H28N4O3/c31-25(18-6-8-19(9-7-18)27-12-15-30-13-2-1-3-14-30)29-22-11-10-20(23-5-4-16-33-23)21-17-28-26(32)24(21)22/h4-11,16,27H,1-3,12-15,17H2,(H,28,32)(H,29,31). The molecule has 7 nitrogen and oxygen atoms in total. The van der Waals surface area contributed by atoms with Crippen LogP contribution in [0.2, 0.25) is 0 Å². The average Bonchev–Trinajstić information content (AvgIpc) is 3.51. The van der Waals surface area contributed by atoms with E-state index in [0.29, 0.717) is 29.1 Å². The van der Waals surface area contributed by atoms with E-state index in [9.17, 15) is 9.59 Å². The lowest BCUT2D eigenvalue weighted by atomic mass is 9.99. The Morgan fingerprint density at radius 3 is 2.61 bits per heavy atom. The van der Waals surface area contributed by atoms with E-state index in [2.05, 4.69) is 20.9 Å². The van der Waals surface area contributed by atoms with Crippen molar-refractivity contribution < 1.29 is 14.0 Å². The van der Waals surface area contributed by atoms with E-state index in [1.807, 2.05) is 30.3 Å². The van der Waals surface area contributed by atoms with E-state index < -0.39 is 0 Å². The first-order valence-corrected chi connectivity index (χ1v) is 11.5. The SMILES string of the molecule is O=C(Nc1ccc(-c2ccco2)c2c1C(=O)NC2)c1ccc(NCCN2CCCCC2)cc1. The van der Waals surface area contributed by atoms with Gasteiger partial charge in [0, 0.05) is 36.4 Å². The number of furan rings is 1. The number of fused-ring (bicyclic) bond motifs is 1. The molecule has 5 rings (SSSR count). The van der Waals surface area contributed by atoms with Crippen LogP contribution in [0, 0.1) is 0 Å². The Morgan fingerprint density at radius 1 is 1.03 bits per heavy atom. The normalized spacial score (nSPS) is 15.7. The molecule has 1 saturated heterocycles. The second-order valence-corrected chi connectivity index (χ2v) is 8.53. The molecule has 0 aliphatic carbocycles. The smallest absolute Gasteiger partial charge is 0.255 e. The summed E-state index contributed by atoms with van der Waals surface area (Å²) in [5.41, 5.74) is 4.22. The van der Waals surface area contributed by atoms with Crippen LogP contribution in [0.1, 0.15) is 45.5 Å². The summed E-state index contributed by atoms with van der Waals surface area (Å²) in [5, 5.41) is 9.19. The minimum Gasteiger partial charge on any atom is -0.464 e. The zero-order chi connectivity index (χ0) is 22.6. The Bertz CT molecular complexity index is 1130. The third-order valence-electron chi connectivity index (χ3n) is 6.35. The third kappa shape index (κ3) is 4.64. The van der Waals surface area contributed by atoms with Gasteiger partial charge in [-0.2, -0.15) is 0 Å². The van der Waals surface area contributed by atoms with E-state index in [-0.39, 0.29) is 11.8 Å². The first kappa shape index (κ1) is 21.3. The third-order valence-corrected chi connectivity index (χ3v) is 6.35. The molecular weight excluding hydrogens is 416 g/mol. The van der Waals surface area contributed by atoms with Crippen molar-refractivity contribution in [2.75, 3.05) is 36.8 Å². The van der Waals surface area contributed by atoms with Crippen molar-refractivity contribution in [1.29, 1.82) is 0 Å². The highest BCUT2D eigenvalue weighted by molar-refractivity contribution is 6.11. The highest BCUT2D eigenvalue weighted by Crippen LogP contribution is 2.34. The minimum absolute atomic E-state index is 0.193. The van der Waals surface area contributed by atoms with Crippen LogP contribution in [0.3, 0.4) is 0 Å². The Morgan fingerprint density at radius 2 is 1.85 bits per heavy atom. The molecule has 170 valence electrons. The molecule has 2 amide bonds. The molecule has 0 bridgehead atoms. The fraction of sp³-hybridized carbons (Fsp3) is 0.308. The van der Waals surface area contributed by atoms with E-state index in [1.54, 1.807) is 24.5 Å². The zero-order valence-electron chi connectivity index (χ0n) is 18.5. The van der Waals surface area contributed by atoms with E-state index in [1.165, 1.54) is 32.4 Å². The number of nitrogens with one attached hydrogen (secondary N) is 3. The monoisotopic (exact) mass is 444 g/mol. The molecule has 0 saturated carbocycles. The summed E-state index contributed by atoms with van der Waals surface area (Å²) >= 11 is 0. The molecule has 33 heavy (non-hydrogen) atoms. The Balaban J connectivity index is 1.24. The van der Waals surface area contributed by atoms with Crippen molar-refractivity contribution in [2.24, 2.45) is 0 Å². The summed E-state index contributed by atoms with van der Waals surface area (Å²) in [4.78, 5) is 27.8. The molecule has 7 heteroatoms. The van der Waals surface area contributed by atoms with Gasteiger partial charge in [-0.1, -0.05) is 6.42 Å². The largest absolute Gasteiger partial charge is 0.464 e. The van der Waals surface area contributed by atoms with Gasteiger partial charge in [-0.25, -0.2) is 0 Å². The number of likely N-dealkylation sites (tertiary alicyclic amines) is 1. The summed E-state index contributed by atoms with van der Waals surface area (Å²) in [5.74, 6) is 0.258. The van der Waals surface area contributed by atoms with Gasteiger partial charge < -0.3 is 25.3 Å². The Hall–Kier alpha value is -3.58. The van der Waals surface area contributed by atoms with Crippen molar-refractivity contribution in [1.82, 2.24) is 10.2 Å². The van der Waals surface area contributed by atoms with Crippen LogP contribution in [-0.4, -0.2) is 42.9 Å². The average molecular weight is 445 g/mol.